The van der Waals surface area contributed by atoms with Gasteiger partial charge < -0.3 is 10.2 Å². The van der Waals surface area contributed by atoms with Crippen LogP contribution in [0.1, 0.15) is 43.5 Å². The van der Waals surface area contributed by atoms with Crippen molar-refractivity contribution in [3.05, 3.63) is 198 Å². The molecular weight excluding hydrogens is 723 g/mol. The van der Waals surface area contributed by atoms with Gasteiger partial charge in [-0.15, -0.1) is 0 Å². The molecule has 0 saturated heterocycles. The van der Waals surface area contributed by atoms with Gasteiger partial charge in [-0.25, -0.2) is 29.5 Å². The van der Waals surface area contributed by atoms with E-state index >= 15 is 0 Å². The molecule has 0 spiro atoms. The summed E-state index contributed by atoms with van der Waals surface area (Å²) in [6, 6.07) is 46.4. The number of aryl methyl sites for hydroxylation is 4. The summed E-state index contributed by atoms with van der Waals surface area (Å²) in [4.78, 5) is 43.7. The van der Waals surface area contributed by atoms with Crippen molar-refractivity contribution in [1.82, 2.24) is 24.9 Å². The Labute approximate surface area is 335 Å². The predicted molar refractivity (Wildman–Crippen MR) is 224 cm³/mol. The maximum atomic E-state index is 11.3. The molecule has 0 aliphatic heterocycles. The van der Waals surface area contributed by atoms with Gasteiger partial charge in [0.2, 0.25) is 11.6 Å². The molecule has 0 radical (unpaired) electrons. The van der Waals surface area contributed by atoms with Crippen LogP contribution < -0.4 is 0 Å². The van der Waals surface area contributed by atoms with E-state index in [1.165, 1.54) is 0 Å². The number of hydrogen-bond donors (Lipinski definition) is 2. The number of pyridine rings is 1. The molecule has 8 rings (SSSR count). The van der Waals surface area contributed by atoms with Gasteiger partial charge in [-0.05, 0) is 92.9 Å². The van der Waals surface area contributed by atoms with Crippen LogP contribution in [0.2, 0.25) is 0 Å². The fraction of sp³-hybridized carbons (Fsp3) is 0.0816. The molecule has 0 unspecified atom stereocenters. The van der Waals surface area contributed by atoms with Gasteiger partial charge in [0.1, 0.15) is 0 Å². The van der Waals surface area contributed by atoms with E-state index in [4.69, 9.17) is 4.98 Å². The summed E-state index contributed by atoms with van der Waals surface area (Å²) in [5.41, 5.74) is 14.3. The lowest BCUT2D eigenvalue weighted by Crippen LogP contribution is -2.05. The summed E-state index contributed by atoms with van der Waals surface area (Å²) in [7, 11) is 0. The van der Waals surface area contributed by atoms with Crippen molar-refractivity contribution >= 4 is 11.9 Å². The molecule has 9 nitrogen and oxygen atoms in total. The first-order valence-corrected chi connectivity index (χ1v) is 18.9. The number of carboxylic acid groups (broad SMARTS) is 2. The normalized spacial score (nSPS) is 11.0. The van der Waals surface area contributed by atoms with Crippen molar-refractivity contribution in [2.75, 3.05) is 0 Å². The lowest BCUT2D eigenvalue weighted by Gasteiger charge is -2.17. The number of nitrogens with zero attached hydrogens (tertiary/aromatic N) is 5. The number of carboxylic acids is 2. The van der Waals surface area contributed by atoms with Crippen molar-refractivity contribution in [2.45, 2.75) is 25.7 Å². The van der Waals surface area contributed by atoms with Crippen molar-refractivity contribution in [1.29, 1.82) is 0 Å². The molecule has 8 aromatic rings. The molecule has 0 saturated carbocycles. The zero-order valence-corrected chi connectivity index (χ0v) is 31.4. The summed E-state index contributed by atoms with van der Waals surface area (Å²) in [6.45, 7) is 0. The smallest absolute Gasteiger partial charge is 0.373 e. The minimum absolute atomic E-state index is 0.234. The topological polar surface area (TPSA) is 139 Å². The van der Waals surface area contributed by atoms with E-state index in [2.05, 4.69) is 111 Å². The molecule has 5 aromatic carbocycles. The molecule has 3 heterocycles. The molecule has 2 N–H and O–H groups in total. The van der Waals surface area contributed by atoms with Crippen molar-refractivity contribution < 1.29 is 19.8 Å². The summed E-state index contributed by atoms with van der Waals surface area (Å²) < 4.78 is 0. The van der Waals surface area contributed by atoms with Crippen LogP contribution in [-0.4, -0.2) is 47.1 Å². The molecular formula is C49H37N5O4. The number of aromatic carboxylic acids is 2. The van der Waals surface area contributed by atoms with E-state index in [0.717, 1.165) is 78.0 Å². The van der Waals surface area contributed by atoms with E-state index in [1.54, 1.807) is 24.8 Å². The fourth-order valence-corrected chi connectivity index (χ4v) is 7.09. The highest BCUT2D eigenvalue weighted by Crippen LogP contribution is 2.40. The molecule has 0 atom stereocenters. The van der Waals surface area contributed by atoms with Crippen LogP contribution in [0.25, 0.3) is 55.8 Å². The van der Waals surface area contributed by atoms with Gasteiger partial charge in [0.15, 0.2) is 0 Å². The molecule has 0 bridgehead atoms. The third-order valence-electron chi connectivity index (χ3n) is 10.1. The monoisotopic (exact) mass is 759 g/mol. The van der Waals surface area contributed by atoms with Crippen LogP contribution in [0.5, 0.6) is 0 Å². The first kappa shape index (κ1) is 37.3. The van der Waals surface area contributed by atoms with Crippen LogP contribution >= 0.6 is 0 Å². The van der Waals surface area contributed by atoms with Crippen LogP contribution in [-0.2, 0) is 25.7 Å². The molecule has 0 aliphatic rings. The van der Waals surface area contributed by atoms with E-state index in [0.29, 0.717) is 25.7 Å². The predicted octanol–water partition coefficient (Wildman–Crippen LogP) is 9.96. The first-order chi connectivity index (χ1) is 28.4. The Morgan fingerprint density at radius 2 is 0.810 bits per heavy atom. The van der Waals surface area contributed by atoms with Crippen molar-refractivity contribution in [3.63, 3.8) is 0 Å². The van der Waals surface area contributed by atoms with E-state index < -0.39 is 11.9 Å². The van der Waals surface area contributed by atoms with Gasteiger partial charge in [0, 0.05) is 42.1 Å². The fourth-order valence-electron chi connectivity index (χ4n) is 7.09. The third-order valence-corrected chi connectivity index (χ3v) is 10.1. The van der Waals surface area contributed by atoms with Gasteiger partial charge in [-0.3, -0.25) is 4.98 Å². The van der Waals surface area contributed by atoms with E-state index in [9.17, 15) is 19.8 Å². The van der Waals surface area contributed by atoms with Crippen LogP contribution in [0.15, 0.2) is 164 Å². The summed E-state index contributed by atoms with van der Waals surface area (Å²) in [6.07, 6.45) is 10.8. The standard InChI is InChI=1S/C49H37N5O4/c55-48(56)46-51-27-34(28-52-46)17-15-32-23-33(16-18-35-29-53-47(49(57)58)54-30-35)25-40(24-32)41-13-7-8-14-42(41)44-31-50-45(39-11-5-2-6-12-39)26-43(44)38-21-19-37(20-22-38)36-9-3-1-4-10-36/h1-14,19-31H,15-18H2,(H,55,56)(H,57,58). The first-order valence-electron chi connectivity index (χ1n) is 18.9. The number of aromatic nitrogens is 5. The molecule has 9 heteroatoms. The second-order valence-corrected chi connectivity index (χ2v) is 13.9. The maximum Gasteiger partial charge on any atom is 0.373 e. The Morgan fingerprint density at radius 3 is 1.34 bits per heavy atom. The van der Waals surface area contributed by atoms with Crippen LogP contribution in [0.3, 0.4) is 0 Å². The molecule has 0 amide bonds. The minimum atomic E-state index is -1.16. The second kappa shape index (κ2) is 17.0. The molecule has 0 fully saturated rings. The Morgan fingerprint density at radius 1 is 0.362 bits per heavy atom. The van der Waals surface area contributed by atoms with E-state index in [-0.39, 0.29) is 11.6 Å². The van der Waals surface area contributed by atoms with Gasteiger partial charge in [0.05, 0.1) is 5.69 Å². The Hall–Kier alpha value is -7.65. The van der Waals surface area contributed by atoms with Gasteiger partial charge in [0.25, 0.3) is 0 Å². The van der Waals surface area contributed by atoms with Gasteiger partial charge in [-0.1, -0.05) is 127 Å². The van der Waals surface area contributed by atoms with Gasteiger partial charge in [-0.2, -0.15) is 0 Å². The highest BCUT2D eigenvalue weighted by molar-refractivity contribution is 5.93. The highest BCUT2D eigenvalue weighted by Gasteiger charge is 2.17. The van der Waals surface area contributed by atoms with Gasteiger partial charge >= 0.3 is 11.9 Å². The third kappa shape index (κ3) is 8.59. The second-order valence-electron chi connectivity index (χ2n) is 13.9. The minimum Gasteiger partial charge on any atom is -0.475 e. The molecule has 3 aromatic heterocycles. The Bertz CT molecular complexity index is 2620. The Balaban J connectivity index is 1.19. The average molecular weight is 760 g/mol. The van der Waals surface area contributed by atoms with Crippen LogP contribution in [0, 0.1) is 0 Å². The number of benzene rings is 5. The maximum absolute atomic E-state index is 11.3. The number of hydrogen-bond acceptors (Lipinski definition) is 7. The summed E-state index contributed by atoms with van der Waals surface area (Å²) in [5, 5.41) is 18.5. The zero-order chi connectivity index (χ0) is 39.8. The molecule has 58 heavy (non-hydrogen) atoms. The SMILES string of the molecule is O=C(O)c1ncc(CCc2cc(CCc3cnc(C(=O)O)nc3)cc(-c3ccccc3-c3cnc(-c4ccccc4)cc3-c3ccc(-c4ccccc4)cc3)c2)cn1. The highest BCUT2D eigenvalue weighted by atomic mass is 16.4. The van der Waals surface area contributed by atoms with Crippen molar-refractivity contribution in [2.24, 2.45) is 0 Å². The summed E-state index contributed by atoms with van der Waals surface area (Å²) >= 11 is 0. The number of rotatable bonds is 13. The zero-order valence-electron chi connectivity index (χ0n) is 31.4. The lowest BCUT2D eigenvalue weighted by molar-refractivity contribution is 0.0673. The average Bonchev–Trinajstić information content (AvgIpc) is 3.28. The quantitative estimate of drug-likeness (QED) is 0.118. The number of carbonyl (C=O) groups is 2. The summed E-state index contributed by atoms with van der Waals surface area (Å²) in [5.74, 6) is -2.80. The lowest BCUT2D eigenvalue weighted by atomic mass is 9.87. The molecule has 282 valence electrons. The van der Waals surface area contributed by atoms with E-state index in [1.807, 2.05) is 48.7 Å². The van der Waals surface area contributed by atoms with Crippen molar-refractivity contribution in [3.8, 4) is 55.8 Å². The largest absolute Gasteiger partial charge is 0.475 e. The Kier molecular flexibility index (Phi) is 10.9. The molecule has 0 aliphatic carbocycles. The van der Waals surface area contributed by atoms with Crippen LogP contribution in [0.4, 0.5) is 0 Å².